The molecule has 1 aliphatic carbocycles. The number of nitrogens with zero attached hydrogens (tertiary/aromatic N) is 1. The van der Waals surface area contributed by atoms with Crippen molar-refractivity contribution in [2.45, 2.75) is 44.8 Å². The van der Waals surface area contributed by atoms with Crippen LogP contribution >= 0.6 is 0 Å². The summed E-state index contributed by atoms with van der Waals surface area (Å²) in [6.07, 6.45) is 4.11. The van der Waals surface area contributed by atoms with Crippen LogP contribution < -0.4 is 5.32 Å². The molecule has 2 fully saturated rings. The smallest absolute Gasteiger partial charge is 0.0233 e. The van der Waals surface area contributed by atoms with E-state index in [2.05, 4.69) is 47.5 Å². The van der Waals surface area contributed by atoms with Crippen molar-refractivity contribution >= 4 is 0 Å². The minimum atomic E-state index is 0.754. The van der Waals surface area contributed by atoms with Gasteiger partial charge in [-0.15, -0.1) is 0 Å². The summed E-state index contributed by atoms with van der Waals surface area (Å²) in [5.74, 6) is 0.781. The van der Waals surface area contributed by atoms with Gasteiger partial charge < -0.3 is 5.32 Å². The Kier molecular flexibility index (Phi) is 3.67. The van der Waals surface area contributed by atoms with E-state index >= 15 is 0 Å². The second-order valence-corrected chi connectivity index (χ2v) is 6.03. The molecule has 2 nitrogen and oxygen atoms in total. The van der Waals surface area contributed by atoms with Crippen LogP contribution in [0.2, 0.25) is 0 Å². The number of rotatable bonds is 4. The number of piperidine rings is 1. The molecule has 2 heteroatoms. The number of hydrogen-bond donors (Lipinski definition) is 1. The fourth-order valence-electron chi connectivity index (χ4n) is 3.02. The highest BCUT2D eigenvalue weighted by atomic mass is 15.2. The van der Waals surface area contributed by atoms with E-state index < -0.39 is 0 Å². The van der Waals surface area contributed by atoms with Gasteiger partial charge in [0.15, 0.2) is 0 Å². The van der Waals surface area contributed by atoms with Crippen LogP contribution in [0.25, 0.3) is 0 Å². The Morgan fingerprint density at radius 1 is 1.17 bits per heavy atom. The molecule has 1 aromatic carbocycles. The molecule has 1 saturated heterocycles. The molecule has 2 aliphatic rings. The molecule has 1 N–H and O–H groups in total. The summed E-state index contributed by atoms with van der Waals surface area (Å²) in [5.41, 5.74) is 1.44. The van der Waals surface area contributed by atoms with Crippen molar-refractivity contribution in [2.75, 3.05) is 13.1 Å². The van der Waals surface area contributed by atoms with E-state index in [0.717, 1.165) is 24.5 Å². The largest absolute Gasteiger partial charge is 0.311 e. The number of likely N-dealkylation sites (tertiary alicyclic amines) is 1. The second-order valence-electron chi connectivity index (χ2n) is 6.03. The van der Waals surface area contributed by atoms with Crippen molar-refractivity contribution in [3.8, 4) is 0 Å². The SMILES string of the molecule is C[C@H]1CN(Cc2ccccc2)CC[C@@H]1NC1CC1. The van der Waals surface area contributed by atoms with Crippen LogP contribution in [0.3, 0.4) is 0 Å². The van der Waals surface area contributed by atoms with Crippen LogP contribution in [-0.2, 0) is 6.54 Å². The highest BCUT2D eigenvalue weighted by Gasteiger charge is 2.31. The summed E-state index contributed by atoms with van der Waals surface area (Å²) in [7, 11) is 0. The third-order valence-corrected chi connectivity index (χ3v) is 4.27. The zero-order valence-corrected chi connectivity index (χ0v) is 11.3. The first kappa shape index (κ1) is 12.2. The van der Waals surface area contributed by atoms with Crippen LogP contribution in [0.1, 0.15) is 31.7 Å². The molecule has 1 aromatic rings. The summed E-state index contributed by atoms with van der Waals surface area (Å²) in [4.78, 5) is 2.60. The maximum atomic E-state index is 3.80. The molecule has 0 spiro atoms. The lowest BCUT2D eigenvalue weighted by Crippen LogP contribution is -2.48. The highest BCUT2D eigenvalue weighted by Crippen LogP contribution is 2.25. The normalized spacial score (nSPS) is 29.4. The Labute approximate surface area is 110 Å². The first-order valence-corrected chi connectivity index (χ1v) is 7.33. The van der Waals surface area contributed by atoms with E-state index in [4.69, 9.17) is 0 Å². The van der Waals surface area contributed by atoms with Crippen molar-refractivity contribution < 1.29 is 0 Å². The summed E-state index contributed by atoms with van der Waals surface area (Å²) >= 11 is 0. The Balaban J connectivity index is 1.51. The molecule has 1 saturated carbocycles. The Hall–Kier alpha value is -0.860. The fourth-order valence-corrected chi connectivity index (χ4v) is 3.02. The lowest BCUT2D eigenvalue weighted by atomic mass is 9.93. The van der Waals surface area contributed by atoms with Crippen molar-refractivity contribution in [2.24, 2.45) is 5.92 Å². The average Bonchev–Trinajstić information content (AvgIpc) is 3.18. The Morgan fingerprint density at radius 3 is 2.61 bits per heavy atom. The molecule has 1 heterocycles. The van der Waals surface area contributed by atoms with Gasteiger partial charge in [0, 0.05) is 25.2 Å². The molecule has 1 aliphatic heterocycles. The predicted octanol–water partition coefficient (Wildman–Crippen LogP) is 2.65. The standard InChI is InChI=1S/C16H24N2/c1-13-11-18(12-14-5-3-2-4-6-14)10-9-16(13)17-15-7-8-15/h2-6,13,15-17H,7-12H2,1H3/t13-,16-/m0/s1. The van der Waals surface area contributed by atoms with Crippen molar-refractivity contribution in [3.05, 3.63) is 35.9 Å². The minimum Gasteiger partial charge on any atom is -0.311 e. The van der Waals surface area contributed by atoms with E-state index in [1.165, 1.54) is 37.9 Å². The fraction of sp³-hybridized carbons (Fsp3) is 0.625. The van der Waals surface area contributed by atoms with Crippen molar-refractivity contribution in [1.29, 1.82) is 0 Å². The number of nitrogens with one attached hydrogen (secondary N) is 1. The molecule has 98 valence electrons. The van der Waals surface area contributed by atoms with E-state index in [1.54, 1.807) is 0 Å². The molecular formula is C16H24N2. The van der Waals surface area contributed by atoms with Gasteiger partial charge in [0.05, 0.1) is 0 Å². The van der Waals surface area contributed by atoms with Gasteiger partial charge in [-0.25, -0.2) is 0 Å². The third kappa shape index (κ3) is 3.12. The molecule has 18 heavy (non-hydrogen) atoms. The van der Waals surface area contributed by atoms with Crippen LogP contribution in [0, 0.1) is 5.92 Å². The van der Waals surface area contributed by atoms with Crippen molar-refractivity contribution in [3.63, 3.8) is 0 Å². The summed E-state index contributed by atoms with van der Waals surface area (Å²) in [6, 6.07) is 12.4. The van der Waals surface area contributed by atoms with Crippen LogP contribution in [0.4, 0.5) is 0 Å². The summed E-state index contributed by atoms with van der Waals surface area (Å²) in [5, 5.41) is 3.80. The molecule has 3 rings (SSSR count). The number of hydrogen-bond acceptors (Lipinski definition) is 2. The number of benzene rings is 1. The lowest BCUT2D eigenvalue weighted by molar-refractivity contribution is 0.140. The van der Waals surface area contributed by atoms with Crippen LogP contribution in [-0.4, -0.2) is 30.1 Å². The van der Waals surface area contributed by atoms with E-state index in [9.17, 15) is 0 Å². The van der Waals surface area contributed by atoms with E-state index in [1.807, 2.05) is 0 Å². The van der Waals surface area contributed by atoms with Gasteiger partial charge >= 0.3 is 0 Å². The zero-order valence-electron chi connectivity index (χ0n) is 11.3. The topological polar surface area (TPSA) is 15.3 Å². The van der Waals surface area contributed by atoms with E-state index in [0.29, 0.717) is 0 Å². The summed E-state index contributed by atoms with van der Waals surface area (Å²) in [6.45, 7) is 5.99. The van der Waals surface area contributed by atoms with Crippen LogP contribution in [0.5, 0.6) is 0 Å². The van der Waals surface area contributed by atoms with Gasteiger partial charge in [-0.2, -0.15) is 0 Å². The highest BCUT2D eigenvalue weighted by molar-refractivity contribution is 5.14. The quantitative estimate of drug-likeness (QED) is 0.876. The maximum absolute atomic E-state index is 3.80. The lowest BCUT2D eigenvalue weighted by Gasteiger charge is -2.37. The molecule has 0 unspecified atom stereocenters. The minimum absolute atomic E-state index is 0.754. The van der Waals surface area contributed by atoms with Gasteiger partial charge in [0.1, 0.15) is 0 Å². The van der Waals surface area contributed by atoms with Crippen molar-refractivity contribution in [1.82, 2.24) is 10.2 Å². The summed E-state index contributed by atoms with van der Waals surface area (Å²) < 4.78 is 0. The predicted molar refractivity (Wildman–Crippen MR) is 75.4 cm³/mol. The van der Waals surface area contributed by atoms with Gasteiger partial charge in [0.25, 0.3) is 0 Å². The average molecular weight is 244 g/mol. The zero-order chi connectivity index (χ0) is 12.4. The monoisotopic (exact) mass is 244 g/mol. The molecule has 0 radical (unpaired) electrons. The third-order valence-electron chi connectivity index (χ3n) is 4.27. The second kappa shape index (κ2) is 5.41. The Morgan fingerprint density at radius 2 is 1.94 bits per heavy atom. The molecule has 0 aromatic heterocycles. The van der Waals surface area contributed by atoms with Crippen LogP contribution in [0.15, 0.2) is 30.3 Å². The molecular weight excluding hydrogens is 220 g/mol. The Bertz CT molecular complexity index is 372. The molecule has 0 bridgehead atoms. The van der Waals surface area contributed by atoms with Gasteiger partial charge in [-0.3, -0.25) is 4.90 Å². The first-order chi connectivity index (χ1) is 8.81. The van der Waals surface area contributed by atoms with E-state index in [-0.39, 0.29) is 0 Å². The van der Waals surface area contributed by atoms with Gasteiger partial charge in [-0.05, 0) is 37.3 Å². The first-order valence-electron chi connectivity index (χ1n) is 7.33. The molecule has 0 amide bonds. The molecule has 2 atom stereocenters. The maximum Gasteiger partial charge on any atom is 0.0233 e. The van der Waals surface area contributed by atoms with Gasteiger partial charge in [-0.1, -0.05) is 37.3 Å². The van der Waals surface area contributed by atoms with Gasteiger partial charge in [0.2, 0.25) is 0 Å².